The molecule has 1 aliphatic heterocycles. The Hall–Kier alpha value is -1.86. The summed E-state index contributed by atoms with van der Waals surface area (Å²) in [7, 11) is -3.58. The van der Waals surface area contributed by atoms with Crippen LogP contribution in [-0.4, -0.2) is 14.3 Å². The normalized spacial score (nSPS) is 17.2. The number of benzene rings is 1. The van der Waals surface area contributed by atoms with Gasteiger partial charge in [0, 0.05) is 5.69 Å². The zero-order valence-corrected chi connectivity index (χ0v) is 13.3. The molecule has 0 saturated heterocycles. The fourth-order valence-corrected chi connectivity index (χ4v) is 5.28. The van der Waals surface area contributed by atoms with E-state index in [-0.39, 0.29) is 5.91 Å². The van der Waals surface area contributed by atoms with Crippen LogP contribution in [0, 0.1) is 0 Å². The van der Waals surface area contributed by atoms with Gasteiger partial charge in [0.15, 0.2) is 0 Å². The van der Waals surface area contributed by atoms with Gasteiger partial charge in [0.1, 0.15) is 4.21 Å². The van der Waals surface area contributed by atoms with E-state index in [0.29, 0.717) is 27.9 Å². The lowest BCUT2D eigenvalue weighted by molar-refractivity contribution is -0.115. The number of carbonyl (C=O) groups is 1. The number of hydrogen-bond donors (Lipinski definition) is 2. The van der Waals surface area contributed by atoms with Crippen molar-refractivity contribution in [1.82, 2.24) is 0 Å². The summed E-state index contributed by atoms with van der Waals surface area (Å²) in [5.41, 5.74) is 2.96. The van der Waals surface area contributed by atoms with Gasteiger partial charge < -0.3 is 5.32 Å². The smallest absolute Gasteiger partial charge is 0.271 e. The molecule has 1 fully saturated rings. The molecule has 2 N–H and O–H groups in total. The van der Waals surface area contributed by atoms with E-state index in [4.69, 9.17) is 0 Å². The Bertz CT molecular complexity index is 867. The lowest BCUT2D eigenvalue weighted by atomic mass is 10.1. The van der Waals surface area contributed by atoms with Gasteiger partial charge in [0.2, 0.25) is 5.91 Å². The van der Waals surface area contributed by atoms with E-state index in [1.54, 1.807) is 18.2 Å². The molecule has 1 aromatic heterocycles. The van der Waals surface area contributed by atoms with Crippen molar-refractivity contribution in [3.8, 4) is 0 Å². The van der Waals surface area contributed by atoms with Crippen molar-refractivity contribution in [3.63, 3.8) is 0 Å². The van der Waals surface area contributed by atoms with E-state index in [9.17, 15) is 13.2 Å². The Labute approximate surface area is 132 Å². The van der Waals surface area contributed by atoms with Gasteiger partial charge >= 0.3 is 0 Å². The van der Waals surface area contributed by atoms with Crippen LogP contribution in [0.25, 0.3) is 0 Å². The average Bonchev–Trinajstić information content (AvgIpc) is 3.05. The second-order valence-electron chi connectivity index (χ2n) is 5.64. The first kappa shape index (κ1) is 13.8. The van der Waals surface area contributed by atoms with Crippen LogP contribution in [0.2, 0.25) is 0 Å². The molecule has 2 aromatic rings. The molecule has 7 heteroatoms. The van der Waals surface area contributed by atoms with Gasteiger partial charge in [-0.2, -0.15) is 0 Å². The van der Waals surface area contributed by atoms with E-state index >= 15 is 0 Å². The second kappa shape index (κ2) is 4.82. The number of hydrogen-bond acceptors (Lipinski definition) is 4. The first-order valence-corrected chi connectivity index (χ1v) is 9.42. The molecule has 0 radical (unpaired) electrons. The van der Waals surface area contributed by atoms with Crippen molar-refractivity contribution < 1.29 is 13.2 Å². The molecule has 1 aromatic carbocycles. The number of thiophene rings is 1. The minimum absolute atomic E-state index is 0.0655. The van der Waals surface area contributed by atoms with Crippen LogP contribution < -0.4 is 10.0 Å². The van der Waals surface area contributed by atoms with Gasteiger partial charge in [-0.1, -0.05) is 6.07 Å². The van der Waals surface area contributed by atoms with Crippen LogP contribution >= 0.6 is 11.3 Å². The third-order valence-corrected chi connectivity index (χ3v) is 6.80. The minimum atomic E-state index is -3.58. The topological polar surface area (TPSA) is 75.3 Å². The Kier molecular flexibility index (Phi) is 3.02. The minimum Gasteiger partial charge on any atom is -0.325 e. The highest BCUT2D eigenvalue weighted by Gasteiger charge is 2.31. The number of fused-ring (bicyclic) bond motifs is 1. The molecule has 114 valence electrons. The quantitative estimate of drug-likeness (QED) is 0.903. The van der Waals surface area contributed by atoms with E-state index in [2.05, 4.69) is 10.0 Å². The molecule has 4 rings (SSSR count). The number of carbonyl (C=O) groups excluding carboxylic acids is 1. The molecular formula is C15H14N2O3S2. The Morgan fingerprint density at radius 2 is 2.05 bits per heavy atom. The van der Waals surface area contributed by atoms with Crippen molar-refractivity contribution in [2.45, 2.75) is 29.4 Å². The summed E-state index contributed by atoms with van der Waals surface area (Å²) in [6.45, 7) is 0. The molecule has 2 aliphatic rings. The van der Waals surface area contributed by atoms with E-state index < -0.39 is 10.0 Å². The lowest BCUT2D eigenvalue weighted by Gasteiger charge is -2.09. The predicted molar refractivity (Wildman–Crippen MR) is 85.9 cm³/mol. The third-order valence-electron chi connectivity index (χ3n) is 3.91. The lowest BCUT2D eigenvalue weighted by Crippen LogP contribution is -2.13. The van der Waals surface area contributed by atoms with Crippen molar-refractivity contribution >= 4 is 38.6 Å². The van der Waals surface area contributed by atoms with Crippen molar-refractivity contribution in [3.05, 3.63) is 40.8 Å². The van der Waals surface area contributed by atoms with E-state index in [1.165, 1.54) is 11.3 Å². The highest BCUT2D eigenvalue weighted by molar-refractivity contribution is 7.94. The number of amides is 1. The van der Waals surface area contributed by atoms with Gasteiger partial charge in [-0.25, -0.2) is 8.42 Å². The third kappa shape index (κ3) is 2.40. The number of nitrogens with one attached hydrogen (secondary N) is 2. The first-order chi connectivity index (χ1) is 10.5. The van der Waals surface area contributed by atoms with Crippen LogP contribution in [0.4, 0.5) is 11.4 Å². The highest BCUT2D eigenvalue weighted by atomic mass is 32.2. The number of anilines is 2. The molecule has 0 spiro atoms. The van der Waals surface area contributed by atoms with E-state index in [0.717, 1.165) is 24.0 Å². The molecule has 0 unspecified atom stereocenters. The SMILES string of the molecule is O=C1Cc2ccc(NS(=O)(=O)c3sccc3C3CC3)cc2N1. The summed E-state index contributed by atoms with van der Waals surface area (Å²) in [4.78, 5) is 11.4. The summed E-state index contributed by atoms with van der Waals surface area (Å²) in [5, 5.41) is 4.55. The largest absolute Gasteiger partial charge is 0.325 e. The second-order valence-corrected chi connectivity index (χ2v) is 8.43. The first-order valence-electron chi connectivity index (χ1n) is 7.06. The maximum Gasteiger partial charge on any atom is 0.271 e. The number of rotatable bonds is 4. The summed E-state index contributed by atoms with van der Waals surface area (Å²) >= 11 is 1.25. The number of sulfonamides is 1. The monoisotopic (exact) mass is 334 g/mol. The van der Waals surface area contributed by atoms with Gasteiger partial charge in [-0.3, -0.25) is 9.52 Å². The zero-order chi connectivity index (χ0) is 15.3. The van der Waals surface area contributed by atoms with Crippen molar-refractivity contribution in [2.24, 2.45) is 0 Å². The van der Waals surface area contributed by atoms with Gasteiger partial charge in [-0.05, 0) is 53.5 Å². The molecule has 22 heavy (non-hydrogen) atoms. The molecule has 0 bridgehead atoms. The van der Waals surface area contributed by atoms with Crippen LogP contribution in [0.5, 0.6) is 0 Å². The molecule has 1 saturated carbocycles. The van der Waals surface area contributed by atoms with Gasteiger partial charge in [0.05, 0.1) is 12.1 Å². The standard InChI is InChI=1S/C15H14N2O3S2/c18-14-7-10-3-4-11(8-13(10)16-14)17-22(19,20)15-12(5-6-21-15)9-1-2-9/h3-6,8-9,17H,1-2,7H2,(H,16,18). The van der Waals surface area contributed by atoms with Crippen LogP contribution in [0.15, 0.2) is 33.9 Å². The predicted octanol–water partition coefficient (Wildman–Crippen LogP) is 2.92. The van der Waals surface area contributed by atoms with Gasteiger partial charge in [-0.15, -0.1) is 11.3 Å². The van der Waals surface area contributed by atoms with Crippen LogP contribution in [0.3, 0.4) is 0 Å². The van der Waals surface area contributed by atoms with Gasteiger partial charge in [0.25, 0.3) is 10.0 Å². The molecule has 1 aliphatic carbocycles. The maximum absolute atomic E-state index is 12.6. The molecular weight excluding hydrogens is 320 g/mol. The Morgan fingerprint density at radius 1 is 1.23 bits per heavy atom. The summed E-state index contributed by atoms with van der Waals surface area (Å²) in [5.74, 6) is 0.321. The fraction of sp³-hybridized carbons (Fsp3) is 0.267. The average molecular weight is 334 g/mol. The Balaban J connectivity index is 1.64. The van der Waals surface area contributed by atoms with Crippen molar-refractivity contribution in [2.75, 3.05) is 10.0 Å². The van der Waals surface area contributed by atoms with Crippen LogP contribution in [-0.2, 0) is 21.2 Å². The van der Waals surface area contributed by atoms with Crippen molar-refractivity contribution in [1.29, 1.82) is 0 Å². The molecule has 5 nitrogen and oxygen atoms in total. The summed E-state index contributed by atoms with van der Waals surface area (Å²) < 4.78 is 28.2. The molecule has 1 amide bonds. The fourth-order valence-electron chi connectivity index (χ4n) is 2.70. The molecule has 2 heterocycles. The summed E-state index contributed by atoms with van der Waals surface area (Å²) in [6, 6.07) is 7.05. The highest BCUT2D eigenvalue weighted by Crippen LogP contribution is 2.45. The summed E-state index contributed by atoms with van der Waals surface area (Å²) in [6.07, 6.45) is 2.47. The van der Waals surface area contributed by atoms with Crippen LogP contribution in [0.1, 0.15) is 29.9 Å². The van der Waals surface area contributed by atoms with E-state index in [1.807, 2.05) is 11.4 Å². The zero-order valence-electron chi connectivity index (χ0n) is 11.6. The molecule has 0 atom stereocenters. The maximum atomic E-state index is 12.6. The Morgan fingerprint density at radius 3 is 2.82 bits per heavy atom.